The largest absolute Gasteiger partial charge is 0.485 e. The van der Waals surface area contributed by atoms with Crippen molar-refractivity contribution in [3.63, 3.8) is 0 Å². The predicted molar refractivity (Wildman–Crippen MR) is 125 cm³/mol. The highest BCUT2D eigenvalue weighted by atomic mass is 19.1. The van der Waals surface area contributed by atoms with Crippen LogP contribution in [0, 0.1) is 5.82 Å². The highest BCUT2D eigenvalue weighted by molar-refractivity contribution is 5.78. The summed E-state index contributed by atoms with van der Waals surface area (Å²) in [6.07, 6.45) is 1.96. The van der Waals surface area contributed by atoms with Crippen LogP contribution in [0.4, 0.5) is 10.2 Å². The lowest BCUT2D eigenvalue weighted by Gasteiger charge is -2.10. The summed E-state index contributed by atoms with van der Waals surface area (Å²) in [4.78, 5) is 4.89. The molecule has 32 heavy (non-hydrogen) atoms. The molecule has 0 saturated carbocycles. The summed E-state index contributed by atoms with van der Waals surface area (Å²) in [5.74, 6) is 1.25. The molecule has 0 saturated heterocycles. The number of hydrogen-bond acceptors (Lipinski definition) is 3. The van der Waals surface area contributed by atoms with E-state index in [0.717, 1.165) is 28.2 Å². The van der Waals surface area contributed by atoms with Gasteiger partial charge in [-0.25, -0.2) is 9.37 Å². The summed E-state index contributed by atoms with van der Waals surface area (Å²) in [5.41, 5.74) is 4.53. The number of rotatable bonds is 7. The molecule has 0 amide bonds. The molecular weight excluding hydrogens is 401 g/mol. The summed E-state index contributed by atoms with van der Waals surface area (Å²) in [7, 11) is 0. The van der Waals surface area contributed by atoms with Crippen molar-refractivity contribution in [3.05, 3.63) is 120 Å². The quantitative estimate of drug-likeness (QED) is 0.332. The molecule has 0 aliphatic rings. The van der Waals surface area contributed by atoms with Gasteiger partial charge in [-0.2, -0.15) is 0 Å². The van der Waals surface area contributed by atoms with Gasteiger partial charge in [0.05, 0.1) is 0 Å². The SMILES string of the molecule is Fc1ccc(-c2nc3c(OCc4ccccc4)cccn3c2NCc2ccccc2)cc1. The number of nitrogens with one attached hydrogen (secondary N) is 1. The molecule has 0 fully saturated rings. The molecule has 2 heterocycles. The third-order valence-corrected chi connectivity index (χ3v) is 5.27. The molecule has 158 valence electrons. The second-order valence-electron chi connectivity index (χ2n) is 7.50. The van der Waals surface area contributed by atoms with E-state index in [9.17, 15) is 4.39 Å². The predicted octanol–water partition coefficient (Wildman–Crippen LogP) is 6.33. The average molecular weight is 423 g/mol. The molecule has 2 aromatic heterocycles. The van der Waals surface area contributed by atoms with E-state index in [-0.39, 0.29) is 5.82 Å². The van der Waals surface area contributed by atoms with E-state index in [1.807, 2.05) is 71.3 Å². The minimum absolute atomic E-state index is 0.275. The second-order valence-corrected chi connectivity index (χ2v) is 7.50. The fourth-order valence-electron chi connectivity index (χ4n) is 3.65. The molecule has 0 spiro atoms. The van der Waals surface area contributed by atoms with Gasteiger partial charge < -0.3 is 10.1 Å². The maximum atomic E-state index is 13.5. The second kappa shape index (κ2) is 8.94. The van der Waals surface area contributed by atoms with Crippen LogP contribution in [0.2, 0.25) is 0 Å². The Morgan fingerprint density at radius 2 is 1.47 bits per heavy atom. The van der Waals surface area contributed by atoms with Gasteiger partial charge in [0, 0.05) is 18.3 Å². The van der Waals surface area contributed by atoms with E-state index in [1.165, 1.54) is 12.1 Å². The lowest BCUT2D eigenvalue weighted by atomic mass is 10.1. The van der Waals surface area contributed by atoms with Crippen molar-refractivity contribution in [2.45, 2.75) is 13.2 Å². The van der Waals surface area contributed by atoms with Crippen LogP contribution in [0.1, 0.15) is 11.1 Å². The number of anilines is 1. The molecule has 0 atom stereocenters. The highest BCUT2D eigenvalue weighted by Gasteiger charge is 2.17. The number of ether oxygens (including phenoxy) is 1. The van der Waals surface area contributed by atoms with Gasteiger partial charge >= 0.3 is 0 Å². The molecule has 0 aliphatic carbocycles. The van der Waals surface area contributed by atoms with Gasteiger partial charge in [-0.1, -0.05) is 60.7 Å². The van der Waals surface area contributed by atoms with Gasteiger partial charge in [-0.05, 0) is 47.5 Å². The molecule has 0 aliphatic heterocycles. The van der Waals surface area contributed by atoms with Crippen LogP contribution in [0.5, 0.6) is 5.75 Å². The minimum atomic E-state index is -0.275. The first-order valence-electron chi connectivity index (χ1n) is 10.5. The third kappa shape index (κ3) is 4.18. The molecular formula is C27H22FN3O. The summed E-state index contributed by atoms with van der Waals surface area (Å²) >= 11 is 0. The summed E-state index contributed by atoms with van der Waals surface area (Å²) < 4.78 is 21.6. The van der Waals surface area contributed by atoms with Gasteiger partial charge in [-0.3, -0.25) is 4.40 Å². The molecule has 3 aromatic carbocycles. The highest BCUT2D eigenvalue weighted by Crippen LogP contribution is 2.33. The molecule has 4 nitrogen and oxygen atoms in total. The number of nitrogens with zero attached hydrogens (tertiary/aromatic N) is 2. The number of fused-ring (bicyclic) bond motifs is 1. The van der Waals surface area contributed by atoms with E-state index in [0.29, 0.717) is 24.5 Å². The molecule has 1 N–H and O–H groups in total. The zero-order valence-corrected chi connectivity index (χ0v) is 17.4. The Morgan fingerprint density at radius 3 is 2.19 bits per heavy atom. The van der Waals surface area contributed by atoms with Gasteiger partial charge in [0.2, 0.25) is 0 Å². The van der Waals surface area contributed by atoms with Crippen molar-refractivity contribution in [2.24, 2.45) is 0 Å². The van der Waals surface area contributed by atoms with Gasteiger partial charge in [0.15, 0.2) is 11.4 Å². The Kier molecular flexibility index (Phi) is 5.54. The van der Waals surface area contributed by atoms with E-state index in [2.05, 4.69) is 17.4 Å². The fraction of sp³-hybridized carbons (Fsp3) is 0.0741. The summed E-state index contributed by atoms with van der Waals surface area (Å²) in [6.45, 7) is 1.09. The van der Waals surface area contributed by atoms with Crippen molar-refractivity contribution in [2.75, 3.05) is 5.32 Å². The van der Waals surface area contributed by atoms with Crippen LogP contribution in [-0.4, -0.2) is 9.38 Å². The van der Waals surface area contributed by atoms with Crippen molar-refractivity contribution in [3.8, 4) is 17.0 Å². The topological polar surface area (TPSA) is 38.6 Å². The number of imidazole rings is 1. The van der Waals surface area contributed by atoms with E-state index >= 15 is 0 Å². The number of aromatic nitrogens is 2. The number of halogens is 1. The van der Waals surface area contributed by atoms with Crippen molar-refractivity contribution < 1.29 is 9.13 Å². The van der Waals surface area contributed by atoms with Crippen LogP contribution in [-0.2, 0) is 13.2 Å². The van der Waals surface area contributed by atoms with Crippen LogP contribution in [0.25, 0.3) is 16.9 Å². The molecule has 0 radical (unpaired) electrons. The first-order valence-corrected chi connectivity index (χ1v) is 10.5. The minimum Gasteiger partial charge on any atom is -0.485 e. The van der Waals surface area contributed by atoms with E-state index < -0.39 is 0 Å². The smallest absolute Gasteiger partial charge is 0.181 e. The summed E-state index contributed by atoms with van der Waals surface area (Å²) in [5, 5.41) is 3.52. The van der Waals surface area contributed by atoms with Crippen LogP contribution in [0.15, 0.2) is 103 Å². The molecule has 0 bridgehead atoms. The van der Waals surface area contributed by atoms with Gasteiger partial charge in [0.25, 0.3) is 0 Å². The Bertz CT molecular complexity index is 1320. The van der Waals surface area contributed by atoms with Crippen molar-refractivity contribution >= 4 is 11.5 Å². The van der Waals surface area contributed by atoms with Crippen molar-refractivity contribution in [1.82, 2.24) is 9.38 Å². The normalized spacial score (nSPS) is 10.9. The first kappa shape index (κ1) is 19.8. The number of benzene rings is 3. The number of pyridine rings is 1. The zero-order valence-electron chi connectivity index (χ0n) is 17.4. The Labute approximate surface area is 185 Å². The van der Waals surface area contributed by atoms with Crippen LogP contribution < -0.4 is 10.1 Å². The third-order valence-electron chi connectivity index (χ3n) is 5.27. The van der Waals surface area contributed by atoms with Crippen LogP contribution in [0.3, 0.4) is 0 Å². The Balaban J connectivity index is 1.54. The maximum absolute atomic E-state index is 13.5. The lowest BCUT2D eigenvalue weighted by molar-refractivity contribution is 0.308. The molecule has 5 rings (SSSR count). The average Bonchev–Trinajstić information content (AvgIpc) is 3.22. The molecule has 0 unspecified atom stereocenters. The number of hydrogen-bond donors (Lipinski definition) is 1. The standard InChI is InChI=1S/C27H22FN3O/c28-23-15-13-22(14-16-23)25-27(29-18-20-8-3-1-4-9-20)31-17-7-12-24(26(31)30-25)32-19-21-10-5-2-6-11-21/h1-17,29H,18-19H2. The lowest BCUT2D eigenvalue weighted by Crippen LogP contribution is -2.04. The monoisotopic (exact) mass is 423 g/mol. The van der Waals surface area contributed by atoms with Gasteiger partial charge in [-0.15, -0.1) is 0 Å². The van der Waals surface area contributed by atoms with E-state index in [4.69, 9.17) is 9.72 Å². The Hall–Kier alpha value is -4.12. The molecule has 5 heteroatoms. The van der Waals surface area contributed by atoms with E-state index in [1.54, 1.807) is 12.1 Å². The maximum Gasteiger partial charge on any atom is 0.181 e. The first-order chi connectivity index (χ1) is 15.8. The fourth-order valence-corrected chi connectivity index (χ4v) is 3.65. The summed E-state index contributed by atoms with van der Waals surface area (Å²) in [6, 6.07) is 30.5. The molecule has 5 aromatic rings. The van der Waals surface area contributed by atoms with Crippen LogP contribution >= 0.6 is 0 Å². The van der Waals surface area contributed by atoms with Crippen molar-refractivity contribution in [1.29, 1.82) is 0 Å². The van der Waals surface area contributed by atoms with Gasteiger partial charge in [0.1, 0.15) is 23.9 Å². The zero-order chi connectivity index (χ0) is 21.8. The Morgan fingerprint density at radius 1 is 0.781 bits per heavy atom.